The lowest BCUT2D eigenvalue weighted by Crippen LogP contribution is -2.28. The van der Waals surface area contributed by atoms with Gasteiger partial charge in [0, 0.05) is 5.38 Å². The molecule has 7 nitrogen and oxygen atoms in total. The summed E-state index contributed by atoms with van der Waals surface area (Å²) in [7, 11) is 0. The smallest absolute Gasteiger partial charge is 0.339 e. The summed E-state index contributed by atoms with van der Waals surface area (Å²) in [6.07, 6.45) is 1.22. The molecule has 0 aliphatic heterocycles. The van der Waals surface area contributed by atoms with E-state index in [1.165, 1.54) is 29.9 Å². The molecule has 1 aromatic carbocycles. The van der Waals surface area contributed by atoms with Gasteiger partial charge in [0.05, 0.1) is 29.6 Å². The molecule has 0 saturated carbocycles. The van der Waals surface area contributed by atoms with Crippen molar-refractivity contribution in [1.82, 2.24) is 9.55 Å². The summed E-state index contributed by atoms with van der Waals surface area (Å²) in [6, 6.07) is 5.71. The van der Waals surface area contributed by atoms with Crippen LogP contribution in [0, 0.1) is 5.82 Å². The first-order valence-corrected chi connectivity index (χ1v) is 8.57. The molecule has 0 unspecified atom stereocenters. The van der Waals surface area contributed by atoms with Crippen molar-refractivity contribution in [2.45, 2.75) is 13.5 Å². The predicted molar refractivity (Wildman–Crippen MR) is 94.9 cm³/mol. The van der Waals surface area contributed by atoms with Crippen LogP contribution in [0.3, 0.4) is 0 Å². The Morgan fingerprint density at radius 1 is 1.35 bits per heavy atom. The Morgan fingerprint density at radius 2 is 2.12 bits per heavy atom. The summed E-state index contributed by atoms with van der Waals surface area (Å²) in [6.45, 7) is 1.47. The zero-order chi connectivity index (χ0) is 18.7. The van der Waals surface area contributed by atoms with Gasteiger partial charge >= 0.3 is 5.97 Å². The van der Waals surface area contributed by atoms with Crippen LogP contribution in [0.2, 0.25) is 0 Å². The Balaban J connectivity index is 1.89. The topological polar surface area (TPSA) is 90.3 Å². The summed E-state index contributed by atoms with van der Waals surface area (Å²) >= 11 is 1.14. The fourth-order valence-electron chi connectivity index (χ4n) is 2.35. The highest BCUT2D eigenvalue weighted by molar-refractivity contribution is 7.17. The summed E-state index contributed by atoms with van der Waals surface area (Å²) in [5.74, 6) is -1.79. The number of ether oxygens (including phenoxy) is 1. The number of esters is 1. The number of carbonyl (C=O) groups is 2. The van der Waals surface area contributed by atoms with Crippen molar-refractivity contribution in [3.63, 3.8) is 0 Å². The number of nitrogens with zero attached hydrogens (tertiary/aromatic N) is 2. The van der Waals surface area contributed by atoms with Crippen molar-refractivity contribution >= 4 is 39.1 Å². The largest absolute Gasteiger partial charge is 0.462 e. The van der Waals surface area contributed by atoms with Crippen LogP contribution in [0.4, 0.5) is 10.1 Å². The molecule has 0 fully saturated rings. The standard InChI is InChI=1S/C17H14FN3O4S/c1-2-25-17(24)10-8-26-15-14(10)16(23)21(9-19-15)7-13(22)20-12-6-4-3-5-11(12)18/h3-6,8-9H,2,7H2,1H3,(H,20,22). The zero-order valence-electron chi connectivity index (χ0n) is 13.7. The molecule has 0 aliphatic carbocycles. The molecule has 9 heteroatoms. The maximum absolute atomic E-state index is 13.6. The quantitative estimate of drug-likeness (QED) is 0.692. The molecule has 3 rings (SSSR count). The number of para-hydroxylation sites is 1. The third-order valence-corrected chi connectivity index (χ3v) is 4.40. The van der Waals surface area contributed by atoms with E-state index in [-0.39, 0.29) is 29.8 Å². The molecule has 0 bridgehead atoms. The van der Waals surface area contributed by atoms with Crippen molar-refractivity contribution in [2.24, 2.45) is 0 Å². The maximum Gasteiger partial charge on any atom is 0.339 e. The van der Waals surface area contributed by atoms with Gasteiger partial charge < -0.3 is 10.1 Å². The number of halogens is 1. The first kappa shape index (κ1) is 17.7. The van der Waals surface area contributed by atoms with E-state index in [1.54, 1.807) is 13.0 Å². The second-order valence-corrected chi connectivity index (χ2v) is 6.11. The highest BCUT2D eigenvalue weighted by Gasteiger charge is 2.19. The van der Waals surface area contributed by atoms with Crippen LogP contribution in [0.25, 0.3) is 10.2 Å². The van der Waals surface area contributed by atoms with Gasteiger partial charge in [0.1, 0.15) is 17.2 Å². The Morgan fingerprint density at radius 3 is 2.85 bits per heavy atom. The average Bonchev–Trinajstić information content (AvgIpc) is 3.05. The van der Waals surface area contributed by atoms with Gasteiger partial charge in [0.25, 0.3) is 5.56 Å². The molecule has 2 heterocycles. The van der Waals surface area contributed by atoms with Gasteiger partial charge in [-0.1, -0.05) is 12.1 Å². The molecule has 134 valence electrons. The van der Waals surface area contributed by atoms with E-state index < -0.39 is 23.3 Å². The van der Waals surface area contributed by atoms with Gasteiger partial charge in [-0.3, -0.25) is 14.2 Å². The number of benzene rings is 1. The van der Waals surface area contributed by atoms with Crippen LogP contribution in [0.5, 0.6) is 0 Å². The number of hydrogen-bond acceptors (Lipinski definition) is 6. The van der Waals surface area contributed by atoms with Gasteiger partial charge in [-0.2, -0.15) is 0 Å². The van der Waals surface area contributed by atoms with Crippen molar-refractivity contribution in [1.29, 1.82) is 0 Å². The SMILES string of the molecule is CCOC(=O)c1csc2ncn(CC(=O)Nc3ccccc3F)c(=O)c12. The summed E-state index contributed by atoms with van der Waals surface area (Å²) in [5.41, 5.74) is -0.404. The van der Waals surface area contributed by atoms with Crippen molar-refractivity contribution in [2.75, 3.05) is 11.9 Å². The molecular weight excluding hydrogens is 361 g/mol. The lowest BCUT2D eigenvalue weighted by molar-refractivity contribution is -0.116. The number of rotatable bonds is 5. The number of anilines is 1. The van der Waals surface area contributed by atoms with Crippen LogP contribution in [0.1, 0.15) is 17.3 Å². The van der Waals surface area contributed by atoms with E-state index in [9.17, 15) is 18.8 Å². The van der Waals surface area contributed by atoms with Crippen LogP contribution in [-0.2, 0) is 16.1 Å². The van der Waals surface area contributed by atoms with E-state index in [0.717, 1.165) is 15.9 Å². The fourth-order valence-corrected chi connectivity index (χ4v) is 3.21. The second kappa shape index (κ2) is 7.44. The highest BCUT2D eigenvalue weighted by atomic mass is 32.1. The molecule has 3 aromatic rings. The number of carbonyl (C=O) groups excluding carboxylic acids is 2. The lowest BCUT2D eigenvalue weighted by atomic mass is 10.2. The summed E-state index contributed by atoms with van der Waals surface area (Å²) < 4.78 is 19.6. The van der Waals surface area contributed by atoms with E-state index in [2.05, 4.69) is 10.3 Å². The lowest BCUT2D eigenvalue weighted by Gasteiger charge is -2.08. The highest BCUT2D eigenvalue weighted by Crippen LogP contribution is 2.21. The molecule has 1 N–H and O–H groups in total. The Labute approximate surface area is 151 Å². The minimum Gasteiger partial charge on any atom is -0.462 e. The molecule has 26 heavy (non-hydrogen) atoms. The third kappa shape index (κ3) is 3.47. The Bertz CT molecular complexity index is 1040. The fraction of sp³-hybridized carbons (Fsp3) is 0.176. The first-order valence-electron chi connectivity index (χ1n) is 7.69. The normalized spacial score (nSPS) is 10.7. The molecule has 2 aromatic heterocycles. The number of amides is 1. The third-order valence-electron chi connectivity index (χ3n) is 3.52. The Kier molecular flexibility index (Phi) is 5.08. The zero-order valence-corrected chi connectivity index (χ0v) is 14.5. The van der Waals surface area contributed by atoms with E-state index >= 15 is 0 Å². The van der Waals surface area contributed by atoms with Crippen LogP contribution >= 0.6 is 11.3 Å². The van der Waals surface area contributed by atoms with E-state index in [1.807, 2.05) is 0 Å². The van der Waals surface area contributed by atoms with E-state index in [4.69, 9.17) is 4.74 Å². The number of hydrogen-bond donors (Lipinski definition) is 1. The molecule has 0 spiro atoms. The molecule has 0 radical (unpaired) electrons. The number of nitrogens with one attached hydrogen (secondary N) is 1. The predicted octanol–water partition coefficient (Wildman–Crippen LogP) is 2.41. The average molecular weight is 375 g/mol. The maximum atomic E-state index is 13.6. The second-order valence-electron chi connectivity index (χ2n) is 5.26. The number of aromatic nitrogens is 2. The van der Waals surface area contributed by atoms with Crippen molar-refractivity contribution < 1.29 is 18.7 Å². The minimum atomic E-state index is -0.619. The molecule has 0 saturated heterocycles. The van der Waals surface area contributed by atoms with Crippen LogP contribution in [0.15, 0.2) is 40.8 Å². The van der Waals surface area contributed by atoms with Crippen LogP contribution in [-0.4, -0.2) is 28.0 Å². The minimum absolute atomic E-state index is 0.0160. The monoisotopic (exact) mass is 375 g/mol. The van der Waals surface area contributed by atoms with E-state index in [0.29, 0.717) is 4.83 Å². The van der Waals surface area contributed by atoms with Gasteiger partial charge in [-0.05, 0) is 19.1 Å². The molecule has 1 amide bonds. The van der Waals surface area contributed by atoms with Gasteiger partial charge in [-0.25, -0.2) is 14.2 Å². The molecule has 0 aliphatic rings. The molecular formula is C17H14FN3O4S. The van der Waals surface area contributed by atoms with Gasteiger partial charge in [-0.15, -0.1) is 11.3 Å². The Hall–Kier alpha value is -3.07. The summed E-state index contributed by atoms with van der Waals surface area (Å²) in [4.78, 5) is 41.2. The van der Waals surface area contributed by atoms with Crippen molar-refractivity contribution in [3.05, 3.63) is 57.7 Å². The van der Waals surface area contributed by atoms with Crippen LogP contribution < -0.4 is 10.9 Å². The van der Waals surface area contributed by atoms with Gasteiger partial charge in [0.2, 0.25) is 5.91 Å². The first-order chi connectivity index (χ1) is 12.5. The number of thiophene rings is 1. The number of fused-ring (bicyclic) bond motifs is 1. The van der Waals surface area contributed by atoms with Crippen molar-refractivity contribution in [3.8, 4) is 0 Å². The summed E-state index contributed by atoms with van der Waals surface area (Å²) in [5, 5.41) is 4.00. The molecule has 0 atom stereocenters. The van der Waals surface area contributed by atoms with Gasteiger partial charge in [0.15, 0.2) is 0 Å².